The molecule has 0 atom stereocenters. The lowest BCUT2D eigenvalue weighted by molar-refractivity contribution is -0.147. The number of benzene rings is 1. The normalized spacial score (nSPS) is 15.9. The molecule has 2 N–H and O–H groups in total. The van der Waals surface area contributed by atoms with Crippen molar-refractivity contribution >= 4 is 39.4 Å². The van der Waals surface area contributed by atoms with Crippen LogP contribution in [0.5, 0.6) is 0 Å². The fourth-order valence-corrected chi connectivity index (χ4v) is 3.15. The summed E-state index contributed by atoms with van der Waals surface area (Å²) in [7, 11) is 0. The van der Waals surface area contributed by atoms with Gasteiger partial charge in [0.05, 0.1) is 10.8 Å². The van der Waals surface area contributed by atoms with Gasteiger partial charge in [-0.05, 0) is 57.9 Å². The first-order chi connectivity index (χ1) is 11.5. The third-order valence-corrected chi connectivity index (χ3v) is 5.15. The van der Waals surface area contributed by atoms with Crippen molar-refractivity contribution in [3.63, 3.8) is 0 Å². The van der Waals surface area contributed by atoms with Crippen molar-refractivity contribution in [2.24, 2.45) is 5.41 Å². The number of halogens is 1. The number of fused-ring (bicyclic) bond motifs is 1. The molecular weight excluding hydrogens is 388 g/mol. The van der Waals surface area contributed by atoms with E-state index in [0.717, 1.165) is 15.7 Å². The number of carbonyl (C=O) groups excluding carboxylic acids is 2. The van der Waals surface area contributed by atoms with Crippen LogP contribution in [0.25, 0.3) is 0 Å². The molecule has 7 heteroatoms. The van der Waals surface area contributed by atoms with Crippen LogP contribution < -0.4 is 10.2 Å². The van der Waals surface area contributed by atoms with Crippen LogP contribution in [0.4, 0.5) is 5.69 Å². The minimum absolute atomic E-state index is 0.0790. The van der Waals surface area contributed by atoms with Gasteiger partial charge >= 0.3 is 5.97 Å². The zero-order chi connectivity index (χ0) is 19.0. The van der Waals surface area contributed by atoms with Gasteiger partial charge in [-0.2, -0.15) is 0 Å². The Bertz CT molecular complexity index is 728. The Labute approximate surface area is 155 Å². The van der Waals surface area contributed by atoms with Crippen molar-refractivity contribution in [1.82, 2.24) is 5.32 Å². The molecule has 1 aromatic rings. The SMILES string of the molecule is CC(C)(CCNC(=O)CN1C(=O)C(C)(C)c2cc(Br)ccc21)C(=O)O. The largest absolute Gasteiger partial charge is 0.481 e. The number of amides is 2. The van der Waals surface area contributed by atoms with Crippen LogP contribution in [0.2, 0.25) is 0 Å². The number of hydrogen-bond acceptors (Lipinski definition) is 3. The van der Waals surface area contributed by atoms with Crippen LogP contribution in [0, 0.1) is 5.41 Å². The molecule has 0 spiro atoms. The maximum atomic E-state index is 12.7. The van der Waals surface area contributed by atoms with Gasteiger partial charge in [0.25, 0.3) is 0 Å². The number of nitrogens with zero attached hydrogens (tertiary/aromatic N) is 1. The third-order valence-electron chi connectivity index (χ3n) is 4.66. The zero-order valence-electron chi connectivity index (χ0n) is 14.9. The second-order valence-electron chi connectivity index (χ2n) is 7.47. The van der Waals surface area contributed by atoms with E-state index in [-0.39, 0.29) is 24.9 Å². The van der Waals surface area contributed by atoms with Crippen molar-refractivity contribution in [3.05, 3.63) is 28.2 Å². The molecule has 136 valence electrons. The number of carboxylic acid groups (broad SMARTS) is 1. The standard InChI is InChI=1S/C18H23BrN2O4/c1-17(2,16(24)25)7-8-20-14(22)10-21-13-6-5-11(19)9-12(13)18(3,4)15(21)23/h5-6,9H,7-8,10H2,1-4H3,(H,20,22)(H,24,25). The van der Waals surface area contributed by atoms with E-state index in [4.69, 9.17) is 5.11 Å². The molecule has 0 fully saturated rings. The van der Waals surface area contributed by atoms with E-state index in [2.05, 4.69) is 21.2 Å². The highest BCUT2D eigenvalue weighted by Gasteiger charge is 2.44. The molecule has 2 rings (SSSR count). The first kappa shape index (κ1) is 19.4. The molecule has 0 aliphatic carbocycles. The Hall–Kier alpha value is -1.89. The highest BCUT2D eigenvalue weighted by Crippen LogP contribution is 2.42. The van der Waals surface area contributed by atoms with Gasteiger partial charge in [0, 0.05) is 16.7 Å². The number of rotatable bonds is 6. The van der Waals surface area contributed by atoms with E-state index in [1.807, 2.05) is 32.0 Å². The first-order valence-electron chi connectivity index (χ1n) is 8.09. The van der Waals surface area contributed by atoms with Crippen LogP contribution in [0.1, 0.15) is 39.7 Å². The number of carboxylic acids is 1. The Morgan fingerprint density at radius 3 is 2.56 bits per heavy atom. The summed E-state index contributed by atoms with van der Waals surface area (Å²) in [4.78, 5) is 37.5. The van der Waals surface area contributed by atoms with Crippen LogP contribution in [0.15, 0.2) is 22.7 Å². The summed E-state index contributed by atoms with van der Waals surface area (Å²) < 4.78 is 0.884. The fraction of sp³-hybridized carbons (Fsp3) is 0.500. The monoisotopic (exact) mass is 410 g/mol. The molecule has 25 heavy (non-hydrogen) atoms. The minimum Gasteiger partial charge on any atom is -0.481 e. The van der Waals surface area contributed by atoms with Crippen LogP contribution >= 0.6 is 15.9 Å². The van der Waals surface area contributed by atoms with Gasteiger partial charge in [0.2, 0.25) is 11.8 Å². The number of aliphatic carboxylic acids is 1. The summed E-state index contributed by atoms with van der Waals surface area (Å²) in [6, 6.07) is 5.57. The van der Waals surface area contributed by atoms with Gasteiger partial charge in [-0.15, -0.1) is 0 Å². The maximum absolute atomic E-state index is 12.7. The highest BCUT2D eigenvalue weighted by atomic mass is 79.9. The average molecular weight is 411 g/mol. The smallest absolute Gasteiger partial charge is 0.309 e. The predicted molar refractivity (Wildman–Crippen MR) is 98.6 cm³/mol. The van der Waals surface area contributed by atoms with Crippen molar-refractivity contribution in [2.45, 2.75) is 39.5 Å². The average Bonchev–Trinajstić information content (AvgIpc) is 2.68. The van der Waals surface area contributed by atoms with Crippen LogP contribution in [-0.2, 0) is 19.8 Å². The third kappa shape index (κ3) is 3.86. The second kappa shape index (κ2) is 6.78. The lowest BCUT2D eigenvalue weighted by Crippen LogP contribution is -2.43. The molecule has 1 aliphatic heterocycles. The molecule has 0 aromatic heterocycles. The van der Waals surface area contributed by atoms with Gasteiger partial charge in [0.1, 0.15) is 6.54 Å². The van der Waals surface area contributed by atoms with Crippen molar-refractivity contribution in [1.29, 1.82) is 0 Å². The van der Waals surface area contributed by atoms with Crippen molar-refractivity contribution < 1.29 is 19.5 Å². The van der Waals surface area contributed by atoms with Gasteiger partial charge in [-0.1, -0.05) is 15.9 Å². The molecule has 0 unspecified atom stereocenters. The topological polar surface area (TPSA) is 86.7 Å². The highest BCUT2D eigenvalue weighted by molar-refractivity contribution is 9.10. The van der Waals surface area contributed by atoms with Gasteiger partial charge in [-0.25, -0.2) is 0 Å². The lowest BCUT2D eigenvalue weighted by atomic mass is 9.86. The first-order valence-corrected chi connectivity index (χ1v) is 8.88. The van der Waals surface area contributed by atoms with E-state index in [1.54, 1.807) is 13.8 Å². The number of nitrogens with one attached hydrogen (secondary N) is 1. The predicted octanol–water partition coefficient (Wildman–Crippen LogP) is 2.69. The summed E-state index contributed by atoms with van der Waals surface area (Å²) in [5.41, 5.74) is 0.0216. The lowest BCUT2D eigenvalue weighted by Gasteiger charge is -2.21. The van der Waals surface area contributed by atoms with Crippen molar-refractivity contribution in [2.75, 3.05) is 18.0 Å². The summed E-state index contributed by atoms with van der Waals surface area (Å²) in [5, 5.41) is 11.8. The van der Waals surface area contributed by atoms with E-state index in [1.165, 1.54) is 4.90 Å². The van der Waals surface area contributed by atoms with Crippen LogP contribution in [0.3, 0.4) is 0 Å². The fourth-order valence-electron chi connectivity index (χ4n) is 2.78. The molecule has 0 saturated heterocycles. The van der Waals surface area contributed by atoms with E-state index < -0.39 is 16.8 Å². The number of hydrogen-bond donors (Lipinski definition) is 2. The molecule has 0 bridgehead atoms. The van der Waals surface area contributed by atoms with E-state index in [9.17, 15) is 14.4 Å². The Morgan fingerprint density at radius 2 is 1.96 bits per heavy atom. The molecule has 6 nitrogen and oxygen atoms in total. The summed E-state index contributed by atoms with van der Waals surface area (Å²) in [5.74, 6) is -1.33. The quantitative estimate of drug-likeness (QED) is 0.754. The Morgan fingerprint density at radius 1 is 1.32 bits per heavy atom. The minimum atomic E-state index is -0.905. The van der Waals surface area contributed by atoms with Crippen molar-refractivity contribution in [3.8, 4) is 0 Å². The van der Waals surface area contributed by atoms with Crippen LogP contribution in [-0.4, -0.2) is 36.0 Å². The number of carbonyl (C=O) groups is 3. The van der Waals surface area contributed by atoms with E-state index in [0.29, 0.717) is 6.42 Å². The summed E-state index contributed by atoms with van der Waals surface area (Å²) >= 11 is 3.41. The van der Waals surface area contributed by atoms with Gasteiger partial charge in [-0.3, -0.25) is 14.4 Å². The Balaban J connectivity index is 2.05. The molecular formula is C18H23BrN2O4. The number of anilines is 1. The zero-order valence-corrected chi connectivity index (χ0v) is 16.4. The van der Waals surface area contributed by atoms with Gasteiger partial charge < -0.3 is 15.3 Å². The van der Waals surface area contributed by atoms with E-state index >= 15 is 0 Å². The molecule has 0 radical (unpaired) electrons. The molecule has 1 heterocycles. The molecule has 1 aliphatic rings. The summed E-state index contributed by atoms with van der Waals surface area (Å²) in [6.45, 7) is 7.08. The molecule has 0 saturated carbocycles. The molecule has 1 aromatic carbocycles. The maximum Gasteiger partial charge on any atom is 0.309 e. The van der Waals surface area contributed by atoms with Gasteiger partial charge in [0.15, 0.2) is 0 Å². The summed E-state index contributed by atoms with van der Waals surface area (Å²) in [6.07, 6.45) is 0.317. The second-order valence-corrected chi connectivity index (χ2v) is 8.38. The Kier molecular flexibility index (Phi) is 5.27. The molecule has 2 amide bonds.